The van der Waals surface area contributed by atoms with E-state index in [1.54, 1.807) is 56.4 Å². The fourth-order valence-corrected chi connectivity index (χ4v) is 3.74. The van der Waals surface area contributed by atoms with Gasteiger partial charge in [0.25, 0.3) is 5.91 Å². The number of hydrogen-bond acceptors (Lipinski definition) is 8. The lowest BCUT2D eigenvalue weighted by Gasteiger charge is -2.12. The Morgan fingerprint density at radius 3 is 2.45 bits per heavy atom. The summed E-state index contributed by atoms with van der Waals surface area (Å²) in [4.78, 5) is 45.9. The third kappa shape index (κ3) is 5.95. The van der Waals surface area contributed by atoms with Gasteiger partial charge in [-0.15, -0.1) is 0 Å². The van der Waals surface area contributed by atoms with Gasteiger partial charge in [0.05, 0.1) is 23.6 Å². The maximum Gasteiger partial charge on any atom is 0.338 e. The highest BCUT2D eigenvalue weighted by Crippen LogP contribution is 2.23. The van der Waals surface area contributed by atoms with Gasteiger partial charge in [0.1, 0.15) is 12.2 Å². The molecule has 38 heavy (non-hydrogen) atoms. The fraction of sp³-hybridized carbons (Fsp3) is 0.207. The molecule has 0 saturated carbocycles. The summed E-state index contributed by atoms with van der Waals surface area (Å²) in [5, 5.41) is 3.49. The number of carbonyl (C=O) groups excluding carboxylic acids is 3. The van der Waals surface area contributed by atoms with Crippen LogP contribution in [0.25, 0.3) is 11.0 Å². The number of benzene rings is 2. The maximum atomic E-state index is 13.5. The van der Waals surface area contributed by atoms with E-state index in [0.29, 0.717) is 39.2 Å². The number of nitrogens with zero attached hydrogens (tertiary/aromatic N) is 2. The van der Waals surface area contributed by atoms with Gasteiger partial charge in [-0.2, -0.15) is 0 Å². The summed E-state index contributed by atoms with van der Waals surface area (Å²) in [7, 11) is 0. The van der Waals surface area contributed by atoms with Gasteiger partial charge >= 0.3 is 11.9 Å². The first kappa shape index (κ1) is 26.3. The van der Waals surface area contributed by atoms with Gasteiger partial charge in [-0.05, 0) is 62.7 Å². The number of pyridine rings is 1. The summed E-state index contributed by atoms with van der Waals surface area (Å²) in [6.07, 6.45) is 1.59. The zero-order valence-electron chi connectivity index (χ0n) is 21.5. The van der Waals surface area contributed by atoms with Crippen LogP contribution in [-0.2, 0) is 20.9 Å². The molecule has 9 nitrogen and oxygen atoms in total. The number of fused-ring (bicyclic) bond motifs is 1. The standard InChI is InChI=1S/C29H27N3O6/c1-5-36-29(35)20-10-12-22(13-11-20)31-28-24(27(34)32-25-9-7-6-8-17(25)2)14-23-21(16-37-19(4)33)15-30-18(3)26(23)38-28/h6-15H,5,16H2,1-4H3,(H,32,34). The van der Waals surface area contributed by atoms with Gasteiger partial charge in [0, 0.05) is 29.8 Å². The predicted octanol–water partition coefficient (Wildman–Crippen LogP) is 5.17. The van der Waals surface area contributed by atoms with Crippen molar-refractivity contribution in [3.63, 3.8) is 0 Å². The fourth-order valence-electron chi connectivity index (χ4n) is 3.74. The number of anilines is 1. The summed E-state index contributed by atoms with van der Waals surface area (Å²) in [6.45, 7) is 6.96. The molecule has 0 aliphatic heterocycles. The molecule has 0 aliphatic carbocycles. The molecule has 2 aromatic heterocycles. The van der Waals surface area contributed by atoms with E-state index in [9.17, 15) is 14.4 Å². The Bertz CT molecular complexity index is 1590. The van der Waals surface area contributed by atoms with Crippen molar-refractivity contribution >= 4 is 40.2 Å². The Hall–Kier alpha value is -4.79. The molecule has 194 valence electrons. The molecule has 0 spiro atoms. The van der Waals surface area contributed by atoms with E-state index in [1.807, 2.05) is 25.1 Å². The quantitative estimate of drug-likeness (QED) is 0.339. The Labute approximate surface area is 219 Å². The summed E-state index contributed by atoms with van der Waals surface area (Å²) >= 11 is 0. The largest absolute Gasteiger partial charge is 0.462 e. The number of ether oxygens (including phenoxy) is 2. The molecule has 4 rings (SSSR count). The highest BCUT2D eigenvalue weighted by molar-refractivity contribution is 6.06. The van der Waals surface area contributed by atoms with E-state index in [0.717, 1.165) is 5.56 Å². The lowest BCUT2D eigenvalue weighted by molar-refractivity contribution is -0.142. The molecular weight excluding hydrogens is 486 g/mol. The average Bonchev–Trinajstić information content (AvgIpc) is 2.90. The van der Waals surface area contributed by atoms with Gasteiger partial charge in [-0.3, -0.25) is 14.6 Å². The molecule has 0 fully saturated rings. The second-order valence-corrected chi connectivity index (χ2v) is 8.51. The van der Waals surface area contributed by atoms with Gasteiger partial charge in [0.15, 0.2) is 5.58 Å². The zero-order chi connectivity index (χ0) is 27.2. The number of nitrogens with one attached hydrogen (secondary N) is 1. The number of rotatable bonds is 7. The molecule has 2 heterocycles. The topological polar surface area (TPSA) is 120 Å². The molecule has 0 aliphatic rings. The third-order valence-electron chi connectivity index (χ3n) is 5.73. The SMILES string of the molecule is CCOC(=O)c1ccc(N=c2oc3c(C)ncc(COC(C)=O)c3cc2C(=O)Nc2ccccc2C)cc1. The Balaban J connectivity index is 1.86. The van der Waals surface area contributed by atoms with Crippen LogP contribution >= 0.6 is 0 Å². The maximum absolute atomic E-state index is 13.5. The van der Waals surface area contributed by atoms with Crippen LogP contribution in [0, 0.1) is 13.8 Å². The van der Waals surface area contributed by atoms with Crippen molar-refractivity contribution < 1.29 is 28.3 Å². The van der Waals surface area contributed by atoms with Crippen LogP contribution in [0.1, 0.15) is 51.4 Å². The van der Waals surface area contributed by atoms with Crippen molar-refractivity contribution in [2.45, 2.75) is 34.3 Å². The molecule has 4 aromatic rings. The van der Waals surface area contributed by atoms with Crippen LogP contribution < -0.4 is 10.9 Å². The number of hydrogen-bond donors (Lipinski definition) is 1. The first-order valence-corrected chi connectivity index (χ1v) is 12.0. The van der Waals surface area contributed by atoms with Gasteiger partial charge in [-0.25, -0.2) is 9.79 Å². The van der Waals surface area contributed by atoms with E-state index in [1.165, 1.54) is 6.92 Å². The van der Waals surface area contributed by atoms with Crippen molar-refractivity contribution in [1.82, 2.24) is 4.98 Å². The van der Waals surface area contributed by atoms with Gasteiger partial charge in [-0.1, -0.05) is 18.2 Å². The Morgan fingerprint density at radius 1 is 1.03 bits per heavy atom. The van der Waals surface area contributed by atoms with E-state index in [-0.39, 0.29) is 24.3 Å². The van der Waals surface area contributed by atoms with Crippen molar-refractivity contribution in [1.29, 1.82) is 0 Å². The van der Waals surface area contributed by atoms with Crippen LogP contribution in [0.4, 0.5) is 11.4 Å². The van der Waals surface area contributed by atoms with E-state index in [2.05, 4.69) is 15.3 Å². The molecule has 2 aromatic carbocycles. The highest BCUT2D eigenvalue weighted by Gasteiger charge is 2.18. The number of esters is 2. The minimum Gasteiger partial charge on any atom is -0.462 e. The summed E-state index contributed by atoms with van der Waals surface area (Å²) in [5.74, 6) is -1.31. The average molecular weight is 514 g/mol. The van der Waals surface area contributed by atoms with E-state index in [4.69, 9.17) is 13.9 Å². The third-order valence-corrected chi connectivity index (χ3v) is 5.73. The van der Waals surface area contributed by atoms with E-state index >= 15 is 0 Å². The molecular formula is C29H27N3O6. The predicted molar refractivity (Wildman–Crippen MR) is 141 cm³/mol. The monoisotopic (exact) mass is 513 g/mol. The Morgan fingerprint density at radius 2 is 1.76 bits per heavy atom. The smallest absolute Gasteiger partial charge is 0.338 e. The van der Waals surface area contributed by atoms with Crippen LogP contribution in [0.3, 0.4) is 0 Å². The van der Waals surface area contributed by atoms with Gasteiger partial charge < -0.3 is 19.2 Å². The van der Waals surface area contributed by atoms with Crippen molar-refractivity contribution in [3.8, 4) is 0 Å². The van der Waals surface area contributed by atoms with Crippen LogP contribution in [0.5, 0.6) is 0 Å². The first-order chi connectivity index (χ1) is 18.3. The normalized spacial score (nSPS) is 11.3. The van der Waals surface area contributed by atoms with Crippen LogP contribution in [-0.4, -0.2) is 29.4 Å². The summed E-state index contributed by atoms with van der Waals surface area (Å²) < 4.78 is 16.4. The van der Waals surface area contributed by atoms with Gasteiger partial charge in [0.2, 0.25) is 5.55 Å². The minimum atomic E-state index is -0.439. The van der Waals surface area contributed by atoms with Crippen LogP contribution in [0.15, 0.2) is 70.2 Å². The Kier molecular flexibility index (Phi) is 7.96. The first-order valence-electron chi connectivity index (χ1n) is 12.0. The molecule has 0 radical (unpaired) electrons. The molecule has 1 amide bonds. The van der Waals surface area contributed by atoms with Crippen molar-refractivity contribution in [3.05, 3.63) is 94.3 Å². The highest BCUT2D eigenvalue weighted by atomic mass is 16.5. The molecule has 0 unspecified atom stereocenters. The zero-order valence-corrected chi connectivity index (χ0v) is 21.5. The number of para-hydroxylation sites is 1. The number of aromatic nitrogens is 1. The lowest BCUT2D eigenvalue weighted by atomic mass is 10.1. The molecule has 0 bridgehead atoms. The van der Waals surface area contributed by atoms with Crippen molar-refractivity contribution in [2.75, 3.05) is 11.9 Å². The minimum absolute atomic E-state index is 0.0285. The molecule has 1 N–H and O–H groups in total. The molecule has 0 atom stereocenters. The molecule has 9 heteroatoms. The number of carbonyl (C=O) groups is 3. The second-order valence-electron chi connectivity index (χ2n) is 8.51. The number of aryl methyl sites for hydroxylation is 2. The summed E-state index contributed by atoms with van der Waals surface area (Å²) in [5.41, 5.74) is 4.18. The second kappa shape index (κ2) is 11.5. The van der Waals surface area contributed by atoms with E-state index < -0.39 is 17.8 Å². The number of amides is 1. The molecule has 0 saturated heterocycles. The lowest BCUT2D eigenvalue weighted by Crippen LogP contribution is -2.22. The van der Waals surface area contributed by atoms with Crippen LogP contribution in [0.2, 0.25) is 0 Å². The van der Waals surface area contributed by atoms with Crippen molar-refractivity contribution in [2.24, 2.45) is 4.99 Å². The summed E-state index contributed by atoms with van der Waals surface area (Å²) in [6, 6.07) is 15.5.